The van der Waals surface area contributed by atoms with Crippen LogP contribution in [-0.2, 0) is 14.3 Å². The van der Waals surface area contributed by atoms with Gasteiger partial charge in [0.1, 0.15) is 22.9 Å². The second-order valence-electron chi connectivity index (χ2n) is 9.48. The van der Waals surface area contributed by atoms with Gasteiger partial charge in [0.25, 0.3) is 5.69 Å². The zero-order valence-corrected chi connectivity index (χ0v) is 19.0. The van der Waals surface area contributed by atoms with Crippen molar-refractivity contribution in [1.82, 2.24) is 0 Å². The molecule has 0 bridgehead atoms. The molecule has 0 fully saturated rings. The maximum Gasteiger partial charge on any atom is 0.412 e. The van der Waals surface area contributed by atoms with Crippen LogP contribution in [0.15, 0.2) is 18.2 Å². The highest BCUT2D eigenvalue weighted by atomic mass is 16.6. The zero-order chi connectivity index (χ0) is 23.3. The van der Waals surface area contributed by atoms with E-state index in [9.17, 15) is 19.7 Å². The van der Waals surface area contributed by atoms with Crippen molar-refractivity contribution >= 4 is 29.1 Å². The molecule has 9 nitrogen and oxygen atoms in total. The predicted molar refractivity (Wildman–Crippen MR) is 116 cm³/mol. The van der Waals surface area contributed by atoms with E-state index in [0.29, 0.717) is 12.1 Å². The number of nitrogens with zero attached hydrogens (tertiary/aromatic N) is 1. The first kappa shape index (κ1) is 25.2. The molecule has 0 unspecified atom stereocenters. The summed E-state index contributed by atoms with van der Waals surface area (Å²) in [7, 11) is 0. The molecular weight excluding hydrogens is 390 g/mol. The molecule has 1 rings (SSSR count). The van der Waals surface area contributed by atoms with Crippen molar-refractivity contribution in [2.75, 3.05) is 10.6 Å². The zero-order valence-electron chi connectivity index (χ0n) is 19.0. The Morgan fingerprint density at radius 2 is 1.63 bits per heavy atom. The van der Waals surface area contributed by atoms with Crippen molar-refractivity contribution in [2.45, 2.75) is 79.1 Å². The minimum Gasteiger partial charge on any atom is -0.458 e. The Balaban J connectivity index is 3.18. The van der Waals surface area contributed by atoms with Crippen LogP contribution in [0.4, 0.5) is 21.9 Å². The third-order valence-electron chi connectivity index (χ3n) is 3.57. The first-order valence-corrected chi connectivity index (χ1v) is 9.85. The Morgan fingerprint density at radius 3 is 2.10 bits per heavy atom. The third-order valence-corrected chi connectivity index (χ3v) is 3.57. The van der Waals surface area contributed by atoms with Gasteiger partial charge in [-0.05, 0) is 66.0 Å². The molecule has 0 saturated heterocycles. The second-order valence-corrected chi connectivity index (χ2v) is 9.48. The van der Waals surface area contributed by atoms with Gasteiger partial charge in [-0.15, -0.1) is 0 Å². The molecule has 1 amide bonds. The second kappa shape index (κ2) is 9.77. The highest BCUT2D eigenvalue weighted by Crippen LogP contribution is 2.30. The molecule has 0 saturated carbocycles. The first-order chi connectivity index (χ1) is 13.6. The van der Waals surface area contributed by atoms with Gasteiger partial charge in [0.2, 0.25) is 0 Å². The van der Waals surface area contributed by atoms with Gasteiger partial charge in [-0.2, -0.15) is 0 Å². The number of anilines is 2. The number of nitro groups is 1. The van der Waals surface area contributed by atoms with Crippen LogP contribution in [0, 0.1) is 16.0 Å². The molecule has 9 heteroatoms. The van der Waals surface area contributed by atoms with E-state index in [2.05, 4.69) is 10.6 Å². The molecule has 168 valence electrons. The van der Waals surface area contributed by atoms with Gasteiger partial charge in [-0.3, -0.25) is 15.4 Å². The highest BCUT2D eigenvalue weighted by molar-refractivity contribution is 5.87. The van der Waals surface area contributed by atoms with E-state index in [1.807, 2.05) is 13.8 Å². The summed E-state index contributed by atoms with van der Waals surface area (Å²) >= 11 is 0. The quantitative estimate of drug-likeness (QED) is 0.355. The Morgan fingerprint density at radius 1 is 1.07 bits per heavy atom. The SMILES string of the molecule is CC(C)C[C@H](Nc1cc(NC(=O)OC(C)(C)C)ccc1[N+](=O)[O-])C(=O)OC(C)(C)C. The average molecular weight is 424 g/mol. The molecule has 0 radical (unpaired) electrons. The van der Waals surface area contributed by atoms with Crippen LogP contribution in [0.2, 0.25) is 0 Å². The molecule has 0 aliphatic rings. The van der Waals surface area contributed by atoms with Crippen molar-refractivity contribution in [3.05, 3.63) is 28.3 Å². The summed E-state index contributed by atoms with van der Waals surface area (Å²) in [5.74, 6) is -0.367. The van der Waals surface area contributed by atoms with Crippen LogP contribution in [0.3, 0.4) is 0 Å². The number of benzene rings is 1. The van der Waals surface area contributed by atoms with Gasteiger partial charge >= 0.3 is 12.1 Å². The van der Waals surface area contributed by atoms with E-state index in [1.165, 1.54) is 18.2 Å². The van der Waals surface area contributed by atoms with Gasteiger partial charge in [-0.25, -0.2) is 9.59 Å². The lowest BCUT2D eigenvalue weighted by Crippen LogP contribution is -2.37. The third kappa shape index (κ3) is 9.11. The number of nitro benzene ring substituents is 1. The fourth-order valence-electron chi connectivity index (χ4n) is 2.56. The van der Waals surface area contributed by atoms with Crippen LogP contribution < -0.4 is 10.6 Å². The monoisotopic (exact) mass is 423 g/mol. The number of hydrogen-bond acceptors (Lipinski definition) is 7. The van der Waals surface area contributed by atoms with Crippen LogP contribution >= 0.6 is 0 Å². The molecular formula is C21H33N3O6. The number of esters is 1. The van der Waals surface area contributed by atoms with E-state index in [4.69, 9.17) is 9.47 Å². The summed E-state index contributed by atoms with van der Waals surface area (Å²) in [5.41, 5.74) is -1.21. The molecule has 0 aliphatic carbocycles. The van der Waals surface area contributed by atoms with Crippen LogP contribution in [0.5, 0.6) is 0 Å². The number of carbonyl (C=O) groups excluding carboxylic acids is 2. The molecule has 30 heavy (non-hydrogen) atoms. The Labute approximate surface area is 177 Å². The normalized spacial score (nSPS) is 12.8. The molecule has 1 aromatic carbocycles. The summed E-state index contributed by atoms with van der Waals surface area (Å²) in [6.07, 6.45) is -0.274. The number of rotatable bonds is 7. The van der Waals surface area contributed by atoms with Gasteiger partial charge < -0.3 is 14.8 Å². The molecule has 0 aliphatic heterocycles. The summed E-state index contributed by atoms with van der Waals surface area (Å²) in [6.45, 7) is 14.3. The standard InChI is InChI=1S/C21H33N3O6/c1-13(2)11-16(18(25)29-20(3,4)5)23-15-12-14(9-10-17(15)24(27)28)22-19(26)30-21(6,7)8/h9-10,12-13,16,23H,11H2,1-8H3,(H,22,26)/t16-/m0/s1. The molecule has 1 atom stereocenters. The van der Waals surface area contributed by atoms with Gasteiger partial charge in [0.05, 0.1) is 4.92 Å². The van der Waals surface area contributed by atoms with E-state index in [-0.39, 0.29) is 17.3 Å². The first-order valence-electron chi connectivity index (χ1n) is 9.85. The van der Waals surface area contributed by atoms with Crippen LogP contribution in [0.25, 0.3) is 0 Å². The highest BCUT2D eigenvalue weighted by Gasteiger charge is 2.28. The van der Waals surface area contributed by atoms with E-state index < -0.39 is 34.2 Å². The van der Waals surface area contributed by atoms with Gasteiger partial charge in [-0.1, -0.05) is 13.8 Å². The fourth-order valence-corrected chi connectivity index (χ4v) is 2.56. The van der Waals surface area contributed by atoms with Crippen molar-refractivity contribution < 1.29 is 24.0 Å². The number of amides is 1. The average Bonchev–Trinajstić information content (AvgIpc) is 2.50. The summed E-state index contributed by atoms with van der Waals surface area (Å²) in [4.78, 5) is 35.6. The van der Waals surface area contributed by atoms with Gasteiger partial charge in [0.15, 0.2) is 0 Å². The van der Waals surface area contributed by atoms with E-state index in [0.717, 1.165) is 0 Å². The topological polar surface area (TPSA) is 120 Å². The Hall–Kier alpha value is -2.84. The van der Waals surface area contributed by atoms with Crippen molar-refractivity contribution in [3.63, 3.8) is 0 Å². The molecule has 2 N–H and O–H groups in total. The predicted octanol–water partition coefficient (Wildman–Crippen LogP) is 5.11. The van der Waals surface area contributed by atoms with Crippen molar-refractivity contribution in [2.24, 2.45) is 5.92 Å². The Kier molecular flexibility index (Phi) is 8.21. The summed E-state index contributed by atoms with van der Waals surface area (Å²) in [5, 5.41) is 17.0. The lowest BCUT2D eigenvalue weighted by Gasteiger charge is -2.26. The fraction of sp³-hybridized carbons (Fsp3) is 0.619. The largest absolute Gasteiger partial charge is 0.458 e. The van der Waals surface area contributed by atoms with Gasteiger partial charge in [0, 0.05) is 11.8 Å². The molecule has 0 heterocycles. The number of hydrogen-bond donors (Lipinski definition) is 2. The van der Waals surface area contributed by atoms with Crippen LogP contribution in [-0.4, -0.2) is 34.2 Å². The molecule has 0 aromatic heterocycles. The number of ether oxygens (including phenoxy) is 2. The molecule has 0 spiro atoms. The number of carbonyl (C=O) groups is 2. The lowest BCUT2D eigenvalue weighted by atomic mass is 10.0. The number of nitrogens with one attached hydrogen (secondary N) is 2. The maximum atomic E-state index is 12.7. The van der Waals surface area contributed by atoms with Crippen molar-refractivity contribution in [3.8, 4) is 0 Å². The summed E-state index contributed by atoms with van der Waals surface area (Å²) in [6, 6.07) is 3.27. The smallest absolute Gasteiger partial charge is 0.412 e. The maximum absolute atomic E-state index is 12.7. The van der Waals surface area contributed by atoms with E-state index >= 15 is 0 Å². The minimum absolute atomic E-state index is 0.102. The summed E-state index contributed by atoms with van der Waals surface area (Å²) < 4.78 is 10.7. The minimum atomic E-state index is -0.792. The molecule has 1 aromatic rings. The lowest BCUT2D eigenvalue weighted by molar-refractivity contribution is -0.384. The van der Waals surface area contributed by atoms with E-state index in [1.54, 1.807) is 41.5 Å². The van der Waals surface area contributed by atoms with Crippen molar-refractivity contribution in [1.29, 1.82) is 0 Å². The Bertz CT molecular complexity index is 778. The van der Waals surface area contributed by atoms with Crippen LogP contribution in [0.1, 0.15) is 61.8 Å².